The number of benzene rings is 1. The zero-order valence-electron chi connectivity index (χ0n) is 12.6. The van der Waals surface area contributed by atoms with Gasteiger partial charge in [0, 0.05) is 6.54 Å². The number of ether oxygens (including phenoxy) is 1. The lowest BCUT2D eigenvalue weighted by Gasteiger charge is -2.23. The van der Waals surface area contributed by atoms with Gasteiger partial charge in [-0.2, -0.15) is 0 Å². The molecule has 22 heavy (non-hydrogen) atoms. The molecule has 1 aromatic heterocycles. The van der Waals surface area contributed by atoms with Crippen LogP contribution in [0.15, 0.2) is 47.5 Å². The Morgan fingerprint density at radius 2 is 2.18 bits per heavy atom. The highest BCUT2D eigenvalue weighted by Crippen LogP contribution is 2.12. The summed E-state index contributed by atoms with van der Waals surface area (Å²) < 4.78 is 7.25. The Morgan fingerprint density at radius 1 is 1.32 bits per heavy atom. The quantitative estimate of drug-likeness (QED) is 0.915. The van der Waals surface area contributed by atoms with Gasteiger partial charge < -0.3 is 10.1 Å². The fourth-order valence-corrected chi connectivity index (χ4v) is 2.71. The molecule has 1 aliphatic heterocycles. The molecule has 0 spiro atoms. The average molecular weight is 299 g/mol. The van der Waals surface area contributed by atoms with E-state index in [-0.39, 0.29) is 5.56 Å². The molecule has 0 radical (unpaired) electrons. The molecule has 5 heteroatoms. The summed E-state index contributed by atoms with van der Waals surface area (Å²) in [5.74, 6) is 0.885. The number of nitrogens with zero attached hydrogens (tertiary/aromatic N) is 2. The first-order valence-electron chi connectivity index (χ1n) is 7.75. The van der Waals surface area contributed by atoms with Crippen molar-refractivity contribution >= 4 is 0 Å². The van der Waals surface area contributed by atoms with Crippen molar-refractivity contribution in [2.45, 2.75) is 26.0 Å². The molecule has 1 saturated heterocycles. The summed E-state index contributed by atoms with van der Waals surface area (Å²) >= 11 is 0. The van der Waals surface area contributed by atoms with Crippen molar-refractivity contribution in [1.82, 2.24) is 14.9 Å². The first-order chi connectivity index (χ1) is 10.8. The van der Waals surface area contributed by atoms with Crippen molar-refractivity contribution in [3.8, 4) is 5.88 Å². The number of hydrogen-bond acceptors (Lipinski definition) is 4. The molecule has 0 saturated carbocycles. The molecule has 1 aliphatic rings. The fraction of sp³-hybridized carbons (Fsp3) is 0.412. The highest BCUT2D eigenvalue weighted by Gasteiger charge is 2.14. The maximum absolute atomic E-state index is 12.1. The summed E-state index contributed by atoms with van der Waals surface area (Å²) in [7, 11) is 0. The van der Waals surface area contributed by atoms with E-state index < -0.39 is 0 Å². The minimum atomic E-state index is -0.0522. The van der Waals surface area contributed by atoms with Gasteiger partial charge in [0.25, 0.3) is 5.56 Å². The second-order valence-electron chi connectivity index (χ2n) is 5.70. The first-order valence-corrected chi connectivity index (χ1v) is 7.75. The van der Waals surface area contributed by atoms with Gasteiger partial charge in [0.1, 0.15) is 12.9 Å². The molecular formula is C17H21N3O2. The Balaban J connectivity index is 1.60. The van der Waals surface area contributed by atoms with Crippen LogP contribution >= 0.6 is 0 Å². The number of rotatable bonds is 5. The summed E-state index contributed by atoms with van der Waals surface area (Å²) in [6, 6.07) is 11.3. The molecule has 0 aliphatic carbocycles. The molecule has 2 heterocycles. The van der Waals surface area contributed by atoms with Crippen LogP contribution in [-0.2, 0) is 13.2 Å². The van der Waals surface area contributed by atoms with Crippen molar-refractivity contribution in [1.29, 1.82) is 0 Å². The number of piperidine rings is 1. The third kappa shape index (κ3) is 3.95. The second kappa shape index (κ2) is 7.22. The van der Waals surface area contributed by atoms with E-state index in [2.05, 4.69) is 10.3 Å². The molecule has 5 nitrogen and oxygen atoms in total. The summed E-state index contributed by atoms with van der Waals surface area (Å²) in [6.07, 6.45) is 3.92. The highest BCUT2D eigenvalue weighted by molar-refractivity contribution is 5.15. The van der Waals surface area contributed by atoms with Crippen LogP contribution in [0.5, 0.6) is 5.88 Å². The Kier molecular flexibility index (Phi) is 4.85. The van der Waals surface area contributed by atoms with Crippen molar-refractivity contribution in [3.05, 3.63) is 58.6 Å². The minimum absolute atomic E-state index is 0.0522. The van der Waals surface area contributed by atoms with Gasteiger partial charge in [-0.15, -0.1) is 0 Å². The van der Waals surface area contributed by atoms with E-state index in [9.17, 15) is 4.79 Å². The Bertz CT molecular complexity index is 648. The molecule has 1 N–H and O–H groups in total. The van der Waals surface area contributed by atoms with E-state index in [1.165, 1.54) is 12.5 Å². The van der Waals surface area contributed by atoms with Gasteiger partial charge in [-0.25, -0.2) is 4.98 Å². The van der Waals surface area contributed by atoms with E-state index in [1.807, 2.05) is 30.3 Å². The van der Waals surface area contributed by atoms with Crippen LogP contribution in [0, 0.1) is 5.92 Å². The van der Waals surface area contributed by atoms with Crippen LogP contribution in [-0.4, -0.2) is 22.6 Å². The zero-order chi connectivity index (χ0) is 15.2. The highest BCUT2D eigenvalue weighted by atomic mass is 16.5. The van der Waals surface area contributed by atoms with Crippen LogP contribution in [0.1, 0.15) is 18.4 Å². The molecule has 1 atom stereocenters. The van der Waals surface area contributed by atoms with Crippen LogP contribution in [0.2, 0.25) is 0 Å². The summed E-state index contributed by atoms with van der Waals surface area (Å²) in [5.41, 5.74) is 1.00. The molecule has 1 unspecified atom stereocenters. The smallest absolute Gasteiger partial charge is 0.257 e. The minimum Gasteiger partial charge on any atom is -0.473 e. The van der Waals surface area contributed by atoms with Crippen LogP contribution < -0.4 is 15.6 Å². The molecule has 0 bridgehead atoms. The average Bonchev–Trinajstić information content (AvgIpc) is 2.57. The van der Waals surface area contributed by atoms with E-state index in [1.54, 1.807) is 10.9 Å². The fourth-order valence-electron chi connectivity index (χ4n) is 2.71. The number of aromatic nitrogens is 2. The second-order valence-corrected chi connectivity index (χ2v) is 5.70. The third-order valence-corrected chi connectivity index (χ3v) is 3.94. The maximum atomic E-state index is 12.1. The van der Waals surface area contributed by atoms with Crippen molar-refractivity contribution in [2.75, 3.05) is 13.1 Å². The van der Waals surface area contributed by atoms with Gasteiger partial charge in [0.15, 0.2) is 0 Å². The Labute approximate surface area is 130 Å². The van der Waals surface area contributed by atoms with Gasteiger partial charge in [-0.3, -0.25) is 9.36 Å². The number of hydrogen-bond donors (Lipinski definition) is 1. The van der Waals surface area contributed by atoms with E-state index in [0.29, 0.717) is 18.4 Å². The van der Waals surface area contributed by atoms with Crippen molar-refractivity contribution in [3.63, 3.8) is 0 Å². The predicted molar refractivity (Wildman–Crippen MR) is 84.9 cm³/mol. The molecular weight excluding hydrogens is 278 g/mol. The van der Waals surface area contributed by atoms with Gasteiger partial charge in [-0.1, -0.05) is 30.3 Å². The molecule has 1 fully saturated rings. The molecule has 2 aromatic rings. The summed E-state index contributed by atoms with van der Waals surface area (Å²) in [4.78, 5) is 16.4. The topological polar surface area (TPSA) is 56.1 Å². The van der Waals surface area contributed by atoms with E-state index in [0.717, 1.165) is 31.6 Å². The van der Waals surface area contributed by atoms with E-state index >= 15 is 0 Å². The predicted octanol–water partition coefficient (Wildman–Crippen LogP) is 1.82. The first kappa shape index (κ1) is 14.8. The Hall–Kier alpha value is -2.14. The van der Waals surface area contributed by atoms with Gasteiger partial charge >= 0.3 is 0 Å². The standard InChI is InChI=1S/C17H21N3O2/c21-17-9-16(22-12-14-5-2-1-3-6-14)19-13-20(17)11-15-7-4-8-18-10-15/h1-3,5-6,9,13,15,18H,4,7-8,10-12H2. The Morgan fingerprint density at radius 3 is 2.91 bits per heavy atom. The summed E-state index contributed by atoms with van der Waals surface area (Å²) in [6.45, 7) is 3.19. The summed E-state index contributed by atoms with van der Waals surface area (Å²) in [5, 5.41) is 3.36. The van der Waals surface area contributed by atoms with Crippen LogP contribution in [0.25, 0.3) is 0 Å². The molecule has 116 valence electrons. The molecule has 3 rings (SSSR count). The monoisotopic (exact) mass is 299 g/mol. The van der Waals surface area contributed by atoms with Crippen LogP contribution in [0.4, 0.5) is 0 Å². The lowest BCUT2D eigenvalue weighted by molar-refractivity contribution is 0.288. The SMILES string of the molecule is O=c1cc(OCc2ccccc2)ncn1CC1CCCNC1. The lowest BCUT2D eigenvalue weighted by atomic mass is 10.00. The van der Waals surface area contributed by atoms with Gasteiger partial charge in [-0.05, 0) is 37.4 Å². The zero-order valence-corrected chi connectivity index (χ0v) is 12.6. The normalized spacial score (nSPS) is 18.1. The van der Waals surface area contributed by atoms with Gasteiger partial charge in [0.2, 0.25) is 5.88 Å². The van der Waals surface area contributed by atoms with Crippen molar-refractivity contribution < 1.29 is 4.74 Å². The number of nitrogens with one attached hydrogen (secondary N) is 1. The molecule has 1 aromatic carbocycles. The van der Waals surface area contributed by atoms with Crippen LogP contribution in [0.3, 0.4) is 0 Å². The van der Waals surface area contributed by atoms with E-state index in [4.69, 9.17) is 4.74 Å². The largest absolute Gasteiger partial charge is 0.473 e. The maximum Gasteiger partial charge on any atom is 0.257 e. The van der Waals surface area contributed by atoms with Gasteiger partial charge in [0.05, 0.1) is 6.07 Å². The van der Waals surface area contributed by atoms with Crippen molar-refractivity contribution in [2.24, 2.45) is 5.92 Å². The lowest BCUT2D eigenvalue weighted by Crippen LogP contribution is -2.34. The third-order valence-electron chi connectivity index (χ3n) is 3.94. The molecule has 0 amide bonds.